The minimum absolute atomic E-state index is 0.131. The molecule has 1 heterocycles. The fourth-order valence-corrected chi connectivity index (χ4v) is 1.27. The van der Waals surface area contributed by atoms with Crippen molar-refractivity contribution >= 4 is 17.8 Å². The number of furan rings is 1. The van der Waals surface area contributed by atoms with Crippen LogP contribution in [0, 0.1) is 0 Å². The molecule has 0 fully saturated rings. The summed E-state index contributed by atoms with van der Waals surface area (Å²) in [5.74, 6) is -1.87. The maximum atomic E-state index is 11.7. The van der Waals surface area contributed by atoms with Gasteiger partial charge in [0.05, 0.1) is 12.8 Å². The van der Waals surface area contributed by atoms with Crippen LogP contribution < -0.4 is 0 Å². The summed E-state index contributed by atoms with van der Waals surface area (Å²) in [5.41, 5.74) is 0. The van der Waals surface area contributed by atoms with Crippen molar-refractivity contribution in [2.45, 2.75) is 0 Å². The normalized spacial score (nSPS) is 9.89. The molecule has 0 saturated heterocycles. The predicted molar refractivity (Wildman–Crippen MR) is 60.9 cm³/mol. The molecule has 0 aromatic carbocycles. The van der Waals surface area contributed by atoms with Crippen molar-refractivity contribution in [3.63, 3.8) is 0 Å². The lowest BCUT2D eigenvalue weighted by molar-refractivity contribution is -0.143. The lowest BCUT2D eigenvalue weighted by Crippen LogP contribution is -2.41. The third kappa shape index (κ3) is 3.62. The summed E-state index contributed by atoms with van der Waals surface area (Å²) >= 11 is 0. The summed E-state index contributed by atoms with van der Waals surface area (Å²) in [6.07, 6.45) is 1.36. The number of rotatable bonds is 5. The van der Waals surface area contributed by atoms with Crippen LogP contribution >= 0.6 is 0 Å². The Kier molecular flexibility index (Phi) is 4.47. The Hall–Kier alpha value is -2.31. The summed E-state index contributed by atoms with van der Waals surface area (Å²) in [6.45, 7) is -0.606. The van der Waals surface area contributed by atoms with Gasteiger partial charge in [-0.05, 0) is 12.1 Å². The van der Waals surface area contributed by atoms with Crippen LogP contribution in [-0.2, 0) is 9.59 Å². The largest absolute Gasteiger partial charge is 0.480 e. The SMILES string of the molecule is CN(CC(=O)O)C(=O)CN(C)C(=O)c1ccco1. The average Bonchev–Trinajstić information content (AvgIpc) is 2.80. The lowest BCUT2D eigenvalue weighted by Gasteiger charge is -2.20. The third-order valence-corrected chi connectivity index (χ3v) is 2.25. The number of aliphatic carboxylic acids is 1. The molecule has 0 aliphatic carbocycles. The Labute approximate surface area is 104 Å². The summed E-state index contributed by atoms with van der Waals surface area (Å²) in [4.78, 5) is 36.0. The highest BCUT2D eigenvalue weighted by atomic mass is 16.4. The quantitative estimate of drug-likeness (QED) is 0.792. The predicted octanol–water partition coefficient (Wildman–Crippen LogP) is -0.105. The Morgan fingerprint density at radius 3 is 2.39 bits per heavy atom. The maximum absolute atomic E-state index is 11.7. The van der Waals surface area contributed by atoms with Gasteiger partial charge in [0.2, 0.25) is 5.91 Å². The van der Waals surface area contributed by atoms with Gasteiger partial charge < -0.3 is 19.3 Å². The van der Waals surface area contributed by atoms with Gasteiger partial charge in [0.15, 0.2) is 5.76 Å². The number of carbonyl (C=O) groups is 3. The van der Waals surface area contributed by atoms with Crippen LogP contribution in [0.15, 0.2) is 22.8 Å². The second-order valence-corrected chi connectivity index (χ2v) is 3.78. The van der Waals surface area contributed by atoms with Crippen molar-refractivity contribution in [2.75, 3.05) is 27.2 Å². The topological polar surface area (TPSA) is 91.1 Å². The second-order valence-electron chi connectivity index (χ2n) is 3.78. The Bertz CT molecular complexity index is 440. The summed E-state index contributed by atoms with van der Waals surface area (Å²) < 4.78 is 4.91. The average molecular weight is 254 g/mol. The fourth-order valence-electron chi connectivity index (χ4n) is 1.27. The zero-order valence-electron chi connectivity index (χ0n) is 10.1. The van der Waals surface area contributed by atoms with Crippen LogP contribution in [0.2, 0.25) is 0 Å². The van der Waals surface area contributed by atoms with Gasteiger partial charge in [-0.2, -0.15) is 0 Å². The number of carbonyl (C=O) groups excluding carboxylic acids is 2. The van der Waals surface area contributed by atoms with Crippen LogP contribution in [0.4, 0.5) is 0 Å². The van der Waals surface area contributed by atoms with Crippen molar-refractivity contribution in [3.8, 4) is 0 Å². The van der Waals surface area contributed by atoms with E-state index in [1.807, 2.05) is 0 Å². The molecule has 7 heteroatoms. The zero-order chi connectivity index (χ0) is 13.7. The van der Waals surface area contributed by atoms with E-state index in [9.17, 15) is 14.4 Å². The van der Waals surface area contributed by atoms with Gasteiger partial charge in [0.1, 0.15) is 6.54 Å². The maximum Gasteiger partial charge on any atom is 0.323 e. The standard InChI is InChI=1S/C11H14N2O5/c1-12(7-10(15)16)9(14)6-13(2)11(17)8-4-3-5-18-8/h3-5H,6-7H2,1-2H3,(H,15,16). The molecule has 98 valence electrons. The first kappa shape index (κ1) is 13.8. The van der Waals surface area contributed by atoms with E-state index in [0.29, 0.717) is 0 Å². The van der Waals surface area contributed by atoms with Gasteiger partial charge in [0.25, 0.3) is 5.91 Å². The van der Waals surface area contributed by atoms with Gasteiger partial charge in [-0.3, -0.25) is 14.4 Å². The monoisotopic (exact) mass is 254 g/mol. The van der Waals surface area contributed by atoms with Gasteiger partial charge in [-0.1, -0.05) is 0 Å². The number of hydrogen-bond acceptors (Lipinski definition) is 4. The molecule has 0 bridgehead atoms. The van der Waals surface area contributed by atoms with Gasteiger partial charge in [-0.15, -0.1) is 0 Å². The molecule has 0 saturated carbocycles. The second kappa shape index (κ2) is 5.85. The molecule has 7 nitrogen and oxygen atoms in total. The number of nitrogens with zero attached hydrogens (tertiary/aromatic N) is 2. The highest BCUT2D eigenvalue weighted by Gasteiger charge is 2.19. The molecule has 1 aromatic heterocycles. The molecular formula is C11H14N2O5. The summed E-state index contributed by atoms with van der Waals surface area (Å²) in [7, 11) is 2.80. The lowest BCUT2D eigenvalue weighted by atomic mass is 10.3. The minimum atomic E-state index is -1.11. The molecule has 1 rings (SSSR count). The van der Waals surface area contributed by atoms with Crippen LogP contribution in [-0.4, -0.2) is 59.9 Å². The van der Waals surface area contributed by atoms with E-state index in [0.717, 1.165) is 4.90 Å². The van der Waals surface area contributed by atoms with E-state index < -0.39 is 24.3 Å². The molecule has 2 amide bonds. The molecule has 18 heavy (non-hydrogen) atoms. The number of hydrogen-bond donors (Lipinski definition) is 1. The number of carboxylic acids is 1. The molecular weight excluding hydrogens is 240 g/mol. The van der Waals surface area contributed by atoms with Crippen molar-refractivity contribution in [1.82, 2.24) is 9.80 Å². The first-order chi connectivity index (χ1) is 8.41. The first-order valence-corrected chi connectivity index (χ1v) is 5.16. The number of likely N-dealkylation sites (N-methyl/N-ethyl adjacent to an activating group) is 2. The number of amides is 2. The first-order valence-electron chi connectivity index (χ1n) is 5.16. The van der Waals surface area contributed by atoms with Crippen molar-refractivity contribution in [3.05, 3.63) is 24.2 Å². The van der Waals surface area contributed by atoms with Crippen molar-refractivity contribution in [2.24, 2.45) is 0 Å². The summed E-state index contributed by atoms with van der Waals surface area (Å²) in [5, 5.41) is 8.54. The fraction of sp³-hybridized carbons (Fsp3) is 0.364. The van der Waals surface area contributed by atoms with Crippen LogP contribution in [0.25, 0.3) is 0 Å². The van der Waals surface area contributed by atoms with E-state index in [1.165, 1.54) is 31.3 Å². The third-order valence-electron chi connectivity index (χ3n) is 2.25. The molecule has 0 aliphatic heterocycles. The Balaban J connectivity index is 2.54. The van der Waals surface area contributed by atoms with E-state index >= 15 is 0 Å². The highest BCUT2D eigenvalue weighted by molar-refractivity contribution is 5.94. The van der Waals surface area contributed by atoms with E-state index in [1.54, 1.807) is 6.07 Å². The molecule has 1 N–H and O–H groups in total. The zero-order valence-corrected chi connectivity index (χ0v) is 10.1. The highest BCUT2D eigenvalue weighted by Crippen LogP contribution is 2.04. The molecule has 0 aliphatic rings. The molecule has 0 radical (unpaired) electrons. The van der Waals surface area contributed by atoms with Gasteiger partial charge in [-0.25, -0.2) is 0 Å². The van der Waals surface area contributed by atoms with E-state index in [-0.39, 0.29) is 12.3 Å². The number of carboxylic acid groups (broad SMARTS) is 1. The molecule has 1 aromatic rings. The van der Waals surface area contributed by atoms with Crippen molar-refractivity contribution < 1.29 is 23.9 Å². The van der Waals surface area contributed by atoms with Crippen LogP contribution in [0.5, 0.6) is 0 Å². The van der Waals surface area contributed by atoms with Gasteiger partial charge >= 0.3 is 5.97 Å². The van der Waals surface area contributed by atoms with E-state index in [4.69, 9.17) is 9.52 Å². The Morgan fingerprint density at radius 2 is 1.89 bits per heavy atom. The molecule has 0 spiro atoms. The summed E-state index contributed by atoms with van der Waals surface area (Å²) in [6, 6.07) is 3.06. The molecule has 0 atom stereocenters. The van der Waals surface area contributed by atoms with E-state index in [2.05, 4.69) is 0 Å². The Morgan fingerprint density at radius 1 is 1.22 bits per heavy atom. The smallest absolute Gasteiger partial charge is 0.323 e. The van der Waals surface area contributed by atoms with Gasteiger partial charge in [0, 0.05) is 14.1 Å². The van der Waals surface area contributed by atoms with Crippen molar-refractivity contribution in [1.29, 1.82) is 0 Å². The van der Waals surface area contributed by atoms with Crippen LogP contribution in [0.1, 0.15) is 10.6 Å². The minimum Gasteiger partial charge on any atom is -0.480 e. The van der Waals surface area contributed by atoms with Crippen LogP contribution in [0.3, 0.4) is 0 Å². The molecule has 0 unspecified atom stereocenters.